The van der Waals surface area contributed by atoms with Crippen LogP contribution in [0.1, 0.15) is 13.8 Å². The summed E-state index contributed by atoms with van der Waals surface area (Å²) in [5, 5.41) is 0. The van der Waals surface area contributed by atoms with E-state index in [4.69, 9.17) is 4.52 Å². The summed E-state index contributed by atoms with van der Waals surface area (Å²) in [5.74, 6) is 0. The molecule has 0 saturated carbocycles. The van der Waals surface area contributed by atoms with E-state index in [1.807, 2.05) is 13.8 Å². The molecule has 10 heavy (non-hydrogen) atoms. The molecule has 0 saturated heterocycles. The van der Waals surface area contributed by atoms with E-state index in [-0.39, 0.29) is 0 Å². The van der Waals surface area contributed by atoms with Crippen LogP contribution in [0.3, 0.4) is 0 Å². The molecule has 3 heteroatoms. The van der Waals surface area contributed by atoms with Gasteiger partial charge in [0.05, 0.1) is 6.61 Å². The highest BCUT2D eigenvalue weighted by Gasteiger charge is 2.15. The largest absolute Gasteiger partial charge is 0.324 e. The molecular formula is C7H15O2P. The van der Waals surface area contributed by atoms with Crippen molar-refractivity contribution >= 4 is 7.37 Å². The van der Waals surface area contributed by atoms with Gasteiger partial charge in [0.2, 0.25) is 7.37 Å². The van der Waals surface area contributed by atoms with Gasteiger partial charge in [-0.15, -0.1) is 6.58 Å². The zero-order valence-electron chi connectivity index (χ0n) is 6.67. The molecule has 0 atom stereocenters. The smallest absolute Gasteiger partial charge is 0.202 e. The molecular weight excluding hydrogens is 147 g/mol. The Hall–Kier alpha value is -0.0700. The van der Waals surface area contributed by atoms with Crippen molar-refractivity contribution in [2.45, 2.75) is 13.8 Å². The Morgan fingerprint density at radius 1 is 1.50 bits per heavy atom. The lowest BCUT2D eigenvalue weighted by Gasteiger charge is -2.12. The summed E-state index contributed by atoms with van der Waals surface area (Å²) in [4.78, 5) is 0. The Labute approximate surface area is 62.7 Å². The number of hydrogen-bond acceptors (Lipinski definition) is 2. The fourth-order valence-corrected chi connectivity index (χ4v) is 1.78. The Kier molecular flexibility index (Phi) is 4.67. The van der Waals surface area contributed by atoms with Gasteiger partial charge in [-0.05, 0) is 0 Å². The van der Waals surface area contributed by atoms with Crippen LogP contribution in [0, 0.1) is 0 Å². The molecule has 0 aromatic carbocycles. The fraction of sp³-hybridized carbons (Fsp3) is 0.714. The first kappa shape index (κ1) is 9.93. The standard InChI is InChI=1S/C7H15O2P/c1-4-7-9-10(8,5-2)6-3/h4H,1,5-7H2,2-3H3. The van der Waals surface area contributed by atoms with Crippen molar-refractivity contribution in [1.82, 2.24) is 0 Å². The van der Waals surface area contributed by atoms with Crippen LogP contribution in [0.2, 0.25) is 0 Å². The van der Waals surface area contributed by atoms with E-state index in [1.54, 1.807) is 6.08 Å². The minimum absolute atomic E-state index is 0.402. The molecule has 0 unspecified atom stereocenters. The average molecular weight is 162 g/mol. The number of hydrogen-bond donors (Lipinski definition) is 0. The molecule has 0 aromatic heterocycles. The highest BCUT2D eigenvalue weighted by atomic mass is 31.2. The molecule has 0 aliphatic heterocycles. The quantitative estimate of drug-likeness (QED) is 0.458. The van der Waals surface area contributed by atoms with Crippen molar-refractivity contribution in [2.75, 3.05) is 18.9 Å². The first-order valence-electron chi connectivity index (χ1n) is 3.52. The normalized spacial score (nSPS) is 11.4. The van der Waals surface area contributed by atoms with E-state index in [2.05, 4.69) is 6.58 Å². The number of rotatable bonds is 5. The molecule has 0 fully saturated rings. The van der Waals surface area contributed by atoms with Gasteiger partial charge in [-0.2, -0.15) is 0 Å². The Morgan fingerprint density at radius 3 is 2.30 bits per heavy atom. The Balaban J connectivity index is 3.81. The summed E-state index contributed by atoms with van der Waals surface area (Å²) < 4.78 is 16.6. The van der Waals surface area contributed by atoms with Gasteiger partial charge in [0.25, 0.3) is 0 Å². The predicted molar refractivity (Wildman–Crippen MR) is 44.8 cm³/mol. The average Bonchev–Trinajstić information content (AvgIpc) is 2.00. The molecule has 0 aliphatic rings. The van der Waals surface area contributed by atoms with Gasteiger partial charge in [0.15, 0.2) is 0 Å². The second-order valence-electron chi connectivity index (χ2n) is 2.03. The SMILES string of the molecule is C=CCOP(=O)(CC)CC. The maximum absolute atomic E-state index is 11.4. The van der Waals surface area contributed by atoms with Crippen molar-refractivity contribution in [3.05, 3.63) is 12.7 Å². The Bertz CT molecular complexity index is 135. The summed E-state index contributed by atoms with van der Waals surface area (Å²) >= 11 is 0. The zero-order valence-corrected chi connectivity index (χ0v) is 7.56. The molecule has 0 amide bonds. The first-order chi connectivity index (χ1) is 4.68. The predicted octanol–water partition coefficient (Wildman–Crippen LogP) is 2.51. The summed E-state index contributed by atoms with van der Waals surface area (Å²) in [6.07, 6.45) is 2.87. The van der Waals surface area contributed by atoms with E-state index in [9.17, 15) is 4.57 Å². The van der Waals surface area contributed by atoms with Gasteiger partial charge in [-0.1, -0.05) is 19.9 Å². The molecule has 0 radical (unpaired) electrons. The van der Waals surface area contributed by atoms with E-state index in [0.717, 1.165) is 0 Å². The highest BCUT2D eigenvalue weighted by molar-refractivity contribution is 7.58. The van der Waals surface area contributed by atoms with Crippen LogP contribution in [0.5, 0.6) is 0 Å². The van der Waals surface area contributed by atoms with Gasteiger partial charge in [0, 0.05) is 12.3 Å². The topological polar surface area (TPSA) is 26.3 Å². The molecule has 0 aliphatic carbocycles. The van der Waals surface area contributed by atoms with Gasteiger partial charge < -0.3 is 4.52 Å². The second-order valence-corrected chi connectivity index (χ2v) is 5.18. The van der Waals surface area contributed by atoms with Gasteiger partial charge >= 0.3 is 0 Å². The summed E-state index contributed by atoms with van der Waals surface area (Å²) in [5.41, 5.74) is 0. The molecule has 0 rings (SSSR count). The summed E-state index contributed by atoms with van der Waals surface area (Å²) in [6.45, 7) is 7.65. The first-order valence-corrected chi connectivity index (χ1v) is 5.51. The highest BCUT2D eigenvalue weighted by Crippen LogP contribution is 2.45. The third-order valence-corrected chi connectivity index (χ3v) is 3.94. The van der Waals surface area contributed by atoms with Crippen LogP contribution in [-0.2, 0) is 9.09 Å². The molecule has 0 spiro atoms. The van der Waals surface area contributed by atoms with Gasteiger partial charge in [-0.25, -0.2) is 0 Å². The second kappa shape index (κ2) is 4.70. The van der Waals surface area contributed by atoms with Crippen LogP contribution < -0.4 is 0 Å². The maximum Gasteiger partial charge on any atom is 0.202 e. The van der Waals surface area contributed by atoms with E-state index >= 15 is 0 Å². The molecule has 0 heterocycles. The van der Waals surface area contributed by atoms with Crippen LogP contribution in [-0.4, -0.2) is 18.9 Å². The minimum atomic E-state index is -2.27. The van der Waals surface area contributed by atoms with E-state index in [1.165, 1.54) is 0 Å². The lowest BCUT2D eigenvalue weighted by molar-refractivity contribution is 0.354. The van der Waals surface area contributed by atoms with Gasteiger partial charge in [-0.3, -0.25) is 4.57 Å². The Morgan fingerprint density at radius 2 is 2.00 bits per heavy atom. The lowest BCUT2D eigenvalue weighted by atomic mass is 10.7. The molecule has 0 N–H and O–H groups in total. The van der Waals surface area contributed by atoms with Crippen molar-refractivity contribution in [3.63, 3.8) is 0 Å². The molecule has 2 nitrogen and oxygen atoms in total. The van der Waals surface area contributed by atoms with Crippen LogP contribution in [0.4, 0.5) is 0 Å². The fourth-order valence-electron chi connectivity index (χ4n) is 0.595. The van der Waals surface area contributed by atoms with Crippen molar-refractivity contribution in [1.29, 1.82) is 0 Å². The lowest BCUT2D eigenvalue weighted by Crippen LogP contribution is -1.95. The van der Waals surface area contributed by atoms with E-state index in [0.29, 0.717) is 18.9 Å². The van der Waals surface area contributed by atoms with Crippen molar-refractivity contribution < 1.29 is 9.09 Å². The van der Waals surface area contributed by atoms with Crippen LogP contribution in [0.15, 0.2) is 12.7 Å². The zero-order chi connectivity index (χ0) is 8.04. The van der Waals surface area contributed by atoms with Crippen molar-refractivity contribution in [3.8, 4) is 0 Å². The summed E-state index contributed by atoms with van der Waals surface area (Å²) in [7, 11) is -2.27. The molecule has 0 aromatic rings. The molecule has 0 bridgehead atoms. The maximum atomic E-state index is 11.4. The third-order valence-electron chi connectivity index (χ3n) is 1.39. The monoisotopic (exact) mass is 162 g/mol. The van der Waals surface area contributed by atoms with Crippen LogP contribution >= 0.6 is 7.37 Å². The third kappa shape index (κ3) is 3.19. The van der Waals surface area contributed by atoms with Crippen LogP contribution in [0.25, 0.3) is 0 Å². The summed E-state index contributed by atoms with van der Waals surface area (Å²) in [6, 6.07) is 0. The van der Waals surface area contributed by atoms with Gasteiger partial charge in [0.1, 0.15) is 0 Å². The van der Waals surface area contributed by atoms with E-state index < -0.39 is 7.37 Å². The minimum Gasteiger partial charge on any atom is -0.324 e. The van der Waals surface area contributed by atoms with Crippen molar-refractivity contribution in [2.24, 2.45) is 0 Å². The molecule has 60 valence electrons.